The number of fused-ring (bicyclic) bond motifs is 2. The zero-order valence-electron chi connectivity index (χ0n) is 13.4. The highest BCUT2D eigenvalue weighted by atomic mass is 32.1. The second kappa shape index (κ2) is 5.82. The Hall–Kier alpha value is -3.45. The van der Waals surface area contributed by atoms with Crippen molar-refractivity contribution in [1.29, 1.82) is 5.26 Å². The van der Waals surface area contributed by atoms with Gasteiger partial charge in [-0.25, -0.2) is 4.98 Å². The summed E-state index contributed by atoms with van der Waals surface area (Å²) in [6.07, 6.45) is 1.97. The first kappa shape index (κ1) is 16.0. The minimum atomic E-state index is -0.718. The van der Waals surface area contributed by atoms with E-state index in [9.17, 15) is 20.2 Å². The van der Waals surface area contributed by atoms with Crippen LogP contribution < -0.4 is 16.2 Å². The second-order valence-corrected chi connectivity index (χ2v) is 6.94. The molecule has 10 heteroatoms. The summed E-state index contributed by atoms with van der Waals surface area (Å²) in [5.41, 5.74) is 6.32. The third kappa shape index (κ3) is 2.29. The molecule has 0 spiro atoms. The first-order chi connectivity index (χ1) is 12.5. The number of nitriles is 1. The summed E-state index contributed by atoms with van der Waals surface area (Å²) < 4.78 is 1.16. The van der Waals surface area contributed by atoms with Gasteiger partial charge in [0.2, 0.25) is 5.82 Å². The average molecular weight is 368 g/mol. The first-order valence-corrected chi connectivity index (χ1v) is 8.53. The van der Waals surface area contributed by atoms with Gasteiger partial charge in [-0.05, 0) is 24.1 Å². The molecule has 0 amide bonds. The van der Waals surface area contributed by atoms with Crippen LogP contribution in [0.25, 0.3) is 5.65 Å². The summed E-state index contributed by atoms with van der Waals surface area (Å²) in [7, 11) is 0. The molecule has 0 saturated heterocycles. The molecule has 0 aromatic carbocycles. The number of pyridine rings is 1. The van der Waals surface area contributed by atoms with Gasteiger partial charge in [-0.3, -0.25) is 19.3 Å². The normalized spacial score (nSPS) is 13.4. The molecule has 0 atom stereocenters. The molecule has 1 aliphatic heterocycles. The minimum absolute atomic E-state index is 0.0438. The Labute approximate surface area is 150 Å². The van der Waals surface area contributed by atoms with E-state index >= 15 is 0 Å². The molecule has 0 aliphatic carbocycles. The van der Waals surface area contributed by atoms with Gasteiger partial charge in [0.15, 0.2) is 0 Å². The fourth-order valence-electron chi connectivity index (χ4n) is 3.18. The summed E-state index contributed by atoms with van der Waals surface area (Å²) in [5, 5.41) is 21.2. The van der Waals surface area contributed by atoms with Gasteiger partial charge in [-0.1, -0.05) is 6.07 Å². The number of nitrogens with two attached hydrogens (primary N) is 1. The Bertz CT molecular complexity index is 1160. The Morgan fingerprint density at radius 3 is 2.96 bits per heavy atom. The number of thiophene rings is 1. The minimum Gasteiger partial charge on any atom is -0.389 e. The lowest BCUT2D eigenvalue weighted by Gasteiger charge is -2.27. The van der Waals surface area contributed by atoms with E-state index in [1.54, 1.807) is 23.1 Å². The van der Waals surface area contributed by atoms with E-state index in [0.717, 1.165) is 14.8 Å². The van der Waals surface area contributed by atoms with Gasteiger partial charge in [0, 0.05) is 17.6 Å². The van der Waals surface area contributed by atoms with Gasteiger partial charge in [0.05, 0.1) is 17.0 Å². The van der Waals surface area contributed by atoms with Gasteiger partial charge < -0.3 is 10.6 Å². The van der Waals surface area contributed by atoms with E-state index < -0.39 is 16.2 Å². The summed E-state index contributed by atoms with van der Waals surface area (Å²) in [6, 6.07) is 7.07. The topological polar surface area (TPSA) is 131 Å². The number of hydrogen-bond acceptors (Lipinski definition) is 8. The highest BCUT2D eigenvalue weighted by Gasteiger charge is 2.31. The molecule has 4 rings (SSSR count). The molecule has 130 valence electrons. The third-order valence-electron chi connectivity index (χ3n) is 4.37. The number of aromatic nitrogens is 2. The molecule has 2 N–H and O–H groups in total. The van der Waals surface area contributed by atoms with Crippen LogP contribution in [0.3, 0.4) is 0 Å². The predicted octanol–water partition coefficient (Wildman–Crippen LogP) is 1.68. The molecule has 9 nitrogen and oxygen atoms in total. The van der Waals surface area contributed by atoms with Crippen LogP contribution in [0.5, 0.6) is 0 Å². The van der Waals surface area contributed by atoms with Gasteiger partial charge in [-0.2, -0.15) is 5.26 Å². The van der Waals surface area contributed by atoms with Gasteiger partial charge >= 0.3 is 11.2 Å². The summed E-state index contributed by atoms with van der Waals surface area (Å²) in [6.45, 7) is 0.732. The standard InChI is InChI=1S/C16H12N6O3S/c17-7-10-9-4-6-20(8-11(9)26-14(10)18)15-13(22(24)25)16(23)21-5-2-1-3-12(21)19-15/h1-3,5H,4,6,8,18H2. The monoisotopic (exact) mass is 368 g/mol. The van der Waals surface area contributed by atoms with Crippen LogP contribution in [-0.2, 0) is 13.0 Å². The molecule has 1 aliphatic rings. The lowest BCUT2D eigenvalue weighted by Crippen LogP contribution is -2.33. The molecule has 3 aromatic heterocycles. The van der Waals surface area contributed by atoms with Crippen molar-refractivity contribution >= 4 is 33.5 Å². The molecular formula is C16H12N6O3S. The van der Waals surface area contributed by atoms with Gasteiger partial charge in [0.25, 0.3) is 0 Å². The highest BCUT2D eigenvalue weighted by Crippen LogP contribution is 2.37. The second-order valence-electron chi connectivity index (χ2n) is 5.80. The molecule has 26 heavy (non-hydrogen) atoms. The molecule has 3 aromatic rings. The SMILES string of the molecule is N#Cc1c(N)sc2c1CCN(c1nc3ccccn3c(=O)c1[N+](=O)[O-])C2. The van der Waals surface area contributed by atoms with Crippen molar-refractivity contribution in [3.63, 3.8) is 0 Å². The fourth-order valence-corrected chi connectivity index (χ4v) is 4.26. The number of hydrogen-bond donors (Lipinski definition) is 1. The van der Waals surface area contributed by atoms with Crippen LogP contribution >= 0.6 is 11.3 Å². The van der Waals surface area contributed by atoms with Gasteiger partial charge in [-0.15, -0.1) is 11.3 Å². The van der Waals surface area contributed by atoms with Crippen LogP contribution in [0.15, 0.2) is 29.2 Å². The van der Waals surface area contributed by atoms with E-state index in [2.05, 4.69) is 11.1 Å². The van der Waals surface area contributed by atoms with Crippen molar-refractivity contribution in [2.75, 3.05) is 17.2 Å². The summed E-state index contributed by atoms with van der Waals surface area (Å²) in [5.74, 6) is 0.0438. The highest BCUT2D eigenvalue weighted by molar-refractivity contribution is 7.16. The van der Waals surface area contributed by atoms with Gasteiger partial charge in [0.1, 0.15) is 16.7 Å². The van der Waals surface area contributed by atoms with Crippen LogP contribution in [0.4, 0.5) is 16.5 Å². The van der Waals surface area contributed by atoms with Crippen molar-refractivity contribution in [2.24, 2.45) is 0 Å². The van der Waals surface area contributed by atoms with E-state index in [1.807, 2.05) is 0 Å². The number of nitro groups is 1. The smallest absolute Gasteiger partial charge is 0.376 e. The predicted molar refractivity (Wildman–Crippen MR) is 96.3 cm³/mol. The number of rotatable bonds is 2. The van der Waals surface area contributed by atoms with Crippen molar-refractivity contribution in [2.45, 2.75) is 13.0 Å². The average Bonchev–Trinajstić information content (AvgIpc) is 2.95. The number of nitrogen functional groups attached to an aromatic ring is 1. The molecular weight excluding hydrogens is 356 g/mol. The summed E-state index contributed by atoms with van der Waals surface area (Å²) >= 11 is 1.29. The largest absolute Gasteiger partial charge is 0.389 e. The third-order valence-corrected chi connectivity index (χ3v) is 5.42. The zero-order valence-corrected chi connectivity index (χ0v) is 14.2. The Morgan fingerprint density at radius 2 is 2.23 bits per heavy atom. The molecule has 4 heterocycles. The lowest BCUT2D eigenvalue weighted by molar-refractivity contribution is -0.385. The number of nitrogens with zero attached hydrogens (tertiary/aromatic N) is 5. The van der Waals surface area contributed by atoms with Crippen molar-refractivity contribution in [3.8, 4) is 6.07 Å². The molecule has 0 radical (unpaired) electrons. The van der Waals surface area contributed by atoms with Crippen LogP contribution in [-0.4, -0.2) is 20.9 Å². The van der Waals surface area contributed by atoms with Crippen molar-refractivity contribution in [1.82, 2.24) is 9.38 Å². The molecule has 0 bridgehead atoms. The molecule has 0 unspecified atom stereocenters. The van der Waals surface area contributed by atoms with E-state index in [0.29, 0.717) is 35.7 Å². The van der Waals surface area contributed by atoms with E-state index in [-0.39, 0.29) is 5.82 Å². The number of anilines is 2. The maximum Gasteiger partial charge on any atom is 0.376 e. The first-order valence-electron chi connectivity index (χ1n) is 7.72. The van der Waals surface area contributed by atoms with E-state index in [1.165, 1.54) is 17.5 Å². The fraction of sp³-hybridized carbons (Fsp3) is 0.188. The Kier molecular flexibility index (Phi) is 3.59. The zero-order chi connectivity index (χ0) is 18.4. The lowest BCUT2D eigenvalue weighted by atomic mass is 10.0. The Morgan fingerprint density at radius 1 is 1.42 bits per heavy atom. The van der Waals surface area contributed by atoms with E-state index in [4.69, 9.17) is 5.73 Å². The van der Waals surface area contributed by atoms with Crippen molar-refractivity contribution in [3.05, 3.63) is 60.9 Å². The van der Waals surface area contributed by atoms with Crippen LogP contribution in [0.1, 0.15) is 16.0 Å². The quantitative estimate of drug-likeness (QED) is 0.538. The Balaban J connectivity index is 1.87. The molecule has 0 fully saturated rings. The van der Waals surface area contributed by atoms with Crippen LogP contribution in [0.2, 0.25) is 0 Å². The molecule has 0 saturated carbocycles. The van der Waals surface area contributed by atoms with Crippen LogP contribution in [0, 0.1) is 21.4 Å². The summed E-state index contributed by atoms with van der Waals surface area (Å²) in [4.78, 5) is 30.4. The maximum absolute atomic E-state index is 12.6. The maximum atomic E-state index is 12.6. The van der Waals surface area contributed by atoms with Crippen molar-refractivity contribution < 1.29 is 4.92 Å².